The van der Waals surface area contributed by atoms with Gasteiger partial charge in [0, 0.05) is 30.4 Å². The normalized spacial score (nSPS) is 20.5. The summed E-state index contributed by atoms with van der Waals surface area (Å²) in [6.45, 7) is 2.01. The van der Waals surface area contributed by atoms with E-state index in [1.807, 2.05) is 18.3 Å². The first kappa shape index (κ1) is 16.6. The number of benzene rings is 1. The van der Waals surface area contributed by atoms with Gasteiger partial charge in [0.05, 0.1) is 0 Å². The van der Waals surface area contributed by atoms with E-state index in [1.54, 1.807) is 6.20 Å². The molecular formula is C21H25N5O. The number of nitrogens with one attached hydrogen (secondary N) is 1. The van der Waals surface area contributed by atoms with Crippen molar-refractivity contribution in [2.75, 3.05) is 18.8 Å². The number of fused-ring (bicyclic) bond motifs is 1. The maximum Gasteiger partial charge on any atom is 0.150 e. The summed E-state index contributed by atoms with van der Waals surface area (Å²) in [5, 5.41) is 3.38. The first-order valence-electron chi connectivity index (χ1n) is 9.90. The van der Waals surface area contributed by atoms with Crippen LogP contribution in [0.4, 0.5) is 5.82 Å². The summed E-state index contributed by atoms with van der Waals surface area (Å²) in [6.07, 6.45) is 9.92. The SMILES string of the molecule is Nc1nccn2c(C3CCC3)nc(-c3ccc(OC4CCCNC4)cc3)c12. The molecule has 0 bridgehead atoms. The van der Waals surface area contributed by atoms with Gasteiger partial charge >= 0.3 is 0 Å². The van der Waals surface area contributed by atoms with E-state index in [0.29, 0.717) is 11.7 Å². The molecule has 27 heavy (non-hydrogen) atoms. The maximum absolute atomic E-state index is 6.22. The van der Waals surface area contributed by atoms with Crippen LogP contribution in [0.25, 0.3) is 16.8 Å². The molecule has 6 nitrogen and oxygen atoms in total. The Morgan fingerprint density at radius 2 is 1.96 bits per heavy atom. The maximum atomic E-state index is 6.22. The molecule has 1 unspecified atom stereocenters. The van der Waals surface area contributed by atoms with Crippen LogP contribution in [0, 0.1) is 0 Å². The average molecular weight is 363 g/mol. The number of aromatic nitrogens is 3. The van der Waals surface area contributed by atoms with Gasteiger partial charge in [-0.3, -0.25) is 4.40 Å². The zero-order valence-corrected chi connectivity index (χ0v) is 15.4. The van der Waals surface area contributed by atoms with Gasteiger partial charge in [0.2, 0.25) is 0 Å². The fourth-order valence-electron chi connectivity index (χ4n) is 4.05. The van der Waals surface area contributed by atoms with Crippen molar-refractivity contribution in [3.63, 3.8) is 0 Å². The van der Waals surface area contributed by atoms with Crippen LogP contribution >= 0.6 is 0 Å². The third-order valence-corrected chi connectivity index (χ3v) is 5.76. The highest BCUT2D eigenvalue weighted by atomic mass is 16.5. The van der Waals surface area contributed by atoms with Crippen molar-refractivity contribution < 1.29 is 4.74 Å². The first-order chi connectivity index (χ1) is 13.3. The van der Waals surface area contributed by atoms with Crippen LogP contribution in [-0.4, -0.2) is 33.6 Å². The highest BCUT2D eigenvalue weighted by Gasteiger charge is 2.26. The molecule has 1 saturated carbocycles. The van der Waals surface area contributed by atoms with Gasteiger partial charge in [0.25, 0.3) is 0 Å². The number of hydrogen-bond donors (Lipinski definition) is 2. The van der Waals surface area contributed by atoms with Crippen molar-refractivity contribution in [2.45, 2.75) is 44.1 Å². The molecule has 2 fully saturated rings. The summed E-state index contributed by atoms with van der Waals surface area (Å²) in [5.41, 5.74) is 9.08. The third kappa shape index (κ3) is 3.04. The number of imidazole rings is 1. The van der Waals surface area contributed by atoms with Gasteiger partial charge in [0.15, 0.2) is 0 Å². The van der Waals surface area contributed by atoms with E-state index in [0.717, 1.165) is 47.9 Å². The third-order valence-electron chi connectivity index (χ3n) is 5.76. The molecular weight excluding hydrogens is 338 g/mol. The standard InChI is InChI=1S/C21H25N5O/c22-20-19-18(25-21(15-3-1-4-15)26(19)12-11-24-20)14-6-8-16(9-7-14)27-17-5-2-10-23-13-17/h6-9,11-12,15,17,23H,1-5,10,13H2,(H2,22,24). The Bertz CT molecular complexity index is 939. The quantitative estimate of drug-likeness (QED) is 0.743. The molecule has 140 valence electrons. The smallest absolute Gasteiger partial charge is 0.150 e. The van der Waals surface area contributed by atoms with E-state index in [9.17, 15) is 0 Å². The summed E-state index contributed by atoms with van der Waals surface area (Å²) in [5.74, 6) is 3.06. The molecule has 0 amide bonds. The van der Waals surface area contributed by atoms with Crippen LogP contribution in [0.3, 0.4) is 0 Å². The predicted molar refractivity (Wildman–Crippen MR) is 106 cm³/mol. The van der Waals surface area contributed by atoms with Crippen LogP contribution < -0.4 is 15.8 Å². The number of rotatable bonds is 4. The number of nitrogen functional groups attached to an aromatic ring is 1. The van der Waals surface area contributed by atoms with Crippen LogP contribution in [-0.2, 0) is 0 Å². The number of nitrogens with zero attached hydrogens (tertiary/aromatic N) is 3. The van der Waals surface area contributed by atoms with E-state index >= 15 is 0 Å². The number of ether oxygens (including phenoxy) is 1. The Morgan fingerprint density at radius 3 is 2.67 bits per heavy atom. The van der Waals surface area contributed by atoms with Crippen LogP contribution in [0.1, 0.15) is 43.8 Å². The summed E-state index contributed by atoms with van der Waals surface area (Å²) in [4.78, 5) is 9.27. The fourth-order valence-corrected chi connectivity index (χ4v) is 4.05. The Hall–Kier alpha value is -2.60. The average Bonchev–Trinajstić information content (AvgIpc) is 3.03. The second-order valence-corrected chi connectivity index (χ2v) is 7.59. The molecule has 5 rings (SSSR count). The van der Waals surface area contributed by atoms with E-state index in [1.165, 1.54) is 25.7 Å². The summed E-state index contributed by atoms with van der Waals surface area (Å²) in [7, 11) is 0. The molecule has 6 heteroatoms. The van der Waals surface area contributed by atoms with Crippen LogP contribution in [0.15, 0.2) is 36.7 Å². The van der Waals surface area contributed by atoms with E-state index in [2.05, 4.69) is 26.8 Å². The Labute approximate surface area is 158 Å². The van der Waals surface area contributed by atoms with Crippen molar-refractivity contribution in [1.82, 2.24) is 19.7 Å². The Morgan fingerprint density at radius 1 is 1.11 bits per heavy atom. The van der Waals surface area contributed by atoms with Crippen molar-refractivity contribution in [2.24, 2.45) is 0 Å². The van der Waals surface area contributed by atoms with Crippen molar-refractivity contribution >= 4 is 11.3 Å². The van der Waals surface area contributed by atoms with Crippen LogP contribution in [0.2, 0.25) is 0 Å². The lowest BCUT2D eigenvalue weighted by atomic mass is 9.85. The minimum atomic E-state index is 0.253. The van der Waals surface area contributed by atoms with Gasteiger partial charge in [-0.25, -0.2) is 9.97 Å². The van der Waals surface area contributed by atoms with Crippen molar-refractivity contribution in [3.8, 4) is 17.0 Å². The number of piperidine rings is 1. The van der Waals surface area contributed by atoms with Gasteiger partial charge in [-0.1, -0.05) is 6.42 Å². The minimum Gasteiger partial charge on any atom is -0.489 e. The van der Waals surface area contributed by atoms with Gasteiger partial charge in [-0.05, 0) is 56.5 Å². The summed E-state index contributed by atoms with van der Waals surface area (Å²) in [6, 6.07) is 8.21. The summed E-state index contributed by atoms with van der Waals surface area (Å²) >= 11 is 0. The lowest BCUT2D eigenvalue weighted by Gasteiger charge is -2.24. The molecule has 3 heterocycles. The van der Waals surface area contributed by atoms with Gasteiger partial charge in [0.1, 0.15) is 34.7 Å². The topological polar surface area (TPSA) is 77.5 Å². The molecule has 0 spiro atoms. The van der Waals surface area contributed by atoms with Gasteiger partial charge in [-0.2, -0.15) is 0 Å². The molecule has 3 aromatic rings. The van der Waals surface area contributed by atoms with Crippen LogP contribution in [0.5, 0.6) is 5.75 Å². The molecule has 0 radical (unpaired) electrons. The van der Waals surface area contributed by atoms with Crippen molar-refractivity contribution in [1.29, 1.82) is 0 Å². The molecule has 1 aromatic carbocycles. The number of anilines is 1. The minimum absolute atomic E-state index is 0.253. The molecule has 3 N–H and O–H groups in total. The Kier molecular flexibility index (Phi) is 4.20. The van der Waals surface area contributed by atoms with E-state index in [-0.39, 0.29) is 6.10 Å². The zero-order valence-electron chi connectivity index (χ0n) is 15.4. The lowest BCUT2D eigenvalue weighted by Crippen LogP contribution is -2.37. The monoisotopic (exact) mass is 363 g/mol. The molecule has 2 aromatic heterocycles. The van der Waals surface area contributed by atoms with E-state index < -0.39 is 0 Å². The molecule has 1 atom stereocenters. The molecule has 1 aliphatic carbocycles. The highest BCUT2D eigenvalue weighted by Crippen LogP contribution is 2.39. The molecule has 1 aliphatic heterocycles. The predicted octanol–water partition coefficient (Wildman–Crippen LogP) is 3.38. The largest absolute Gasteiger partial charge is 0.489 e. The molecule has 2 aliphatic rings. The second-order valence-electron chi connectivity index (χ2n) is 7.59. The fraction of sp³-hybridized carbons (Fsp3) is 0.429. The lowest BCUT2D eigenvalue weighted by molar-refractivity contribution is 0.167. The van der Waals surface area contributed by atoms with E-state index in [4.69, 9.17) is 15.5 Å². The second kappa shape index (κ2) is 6.85. The summed E-state index contributed by atoms with van der Waals surface area (Å²) < 4.78 is 8.23. The Balaban J connectivity index is 1.48. The number of hydrogen-bond acceptors (Lipinski definition) is 5. The highest BCUT2D eigenvalue weighted by molar-refractivity contribution is 5.85. The number of nitrogens with two attached hydrogens (primary N) is 1. The van der Waals surface area contributed by atoms with Gasteiger partial charge in [-0.15, -0.1) is 0 Å². The first-order valence-corrected chi connectivity index (χ1v) is 9.90. The zero-order chi connectivity index (χ0) is 18.2. The van der Waals surface area contributed by atoms with Crippen molar-refractivity contribution in [3.05, 3.63) is 42.5 Å². The van der Waals surface area contributed by atoms with Gasteiger partial charge < -0.3 is 15.8 Å². The molecule has 1 saturated heterocycles.